The van der Waals surface area contributed by atoms with E-state index in [2.05, 4.69) is 39.3 Å². The summed E-state index contributed by atoms with van der Waals surface area (Å²) < 4.78 is 14.4. The molecule has 0 aromatic rings. The summed E-state index contributed by atoms with van der Waals surface area (Å²) in [5.41, 5.74) is 0.265. The van der Waals surface area contributed by atoms with E-state index in [1.54, 1.807) is 0 Å². The van der Waals surface area contributed by atoms with E-state index in [9.17, 15) is 0 Å². The molecule has 1 rings (SSSR count). The third kappa shape index (κ3) is 3.41. The average molecular weight is 261 g/mol. The second-order valence-electron chi connectivity index (χ2n) is 4.77. The van der Waals surface area contributed by atoms with Gasteiger partial charge in [0.15, 0.2) is 0 Å². The van der Waals surface area contributed by atoms with Crippen LogP contribution in [0.3, 0.4) is 0 Å². The third-order valence-electron chi connectivity index (χ3n) is 3.98. The fourth-order valence-electron chi connectivity index (χ4n) is 2.57. The third-order valence-corrected chi connectivity index (χ3v) is 6.01. The van der Waals surface area contributed by atoms with Crippen molar-refractivity contribution >= 4 is 8.53 Å². The fraction of sp³-hybridized carbons (Fsp3) is 1.00. The Balaban J connectivity index is 2.83. The molecule has 1 aliphatic rings. The van der Waals surface area contributed by atoms with Gasteiger partial charge >= 0.3 is 0 Å². The predicted molar refractivity (Wildman–Crippen MR) is 74.0 cm³/mol. The Morgan fingerprint density at radius 1 is 1.24 bits per heavy atom. The lowest BCUT2D eigenvalue weighted by molar-refractivity contribution is 0.0559. The van der Waals surface area contributed by atoms with Gasteiger partial charge in [0, 0.05) is 12.1 Å². The molecule has 4 heteroatoms. The van der Waals surface area contributed by atoms with Crippen LogP contribution in [0.2, 0.25) is 0 Å². The Morgan fingerprint density at radius 2 is 1.82 bits per heavy atom. The van der Waals surface area contributed by atoms with E-state index in [1.807, 2.05) is 0 Å². The fourth-order valence-corrected chi connectivity index (χ4v) is 4.57. The summed E-state index contributed by atoms with van der Waals surface area (Å²) in [4.78, 5) is 0. The van der Waals surface area contributed by atoms with Gasteiger partial charge in [-0.15, -0.1) is 0 Å². The molecule has 17 heavy (non-hydrogen) atoms. The normalized spacial score (nSPS) is 27.4. The largest absolute Gasteiger partial charge is 0.322 e. The zero-order valence-electron chi connectivity index (χ0n) is 12.0. The maximum Gasteiger partial charge on any atom is 0.259 e. The molecule has 2 atom stereocenters. The molecule has 3 nitrogen and oxygen atoms in total. The Kier molecular flexibility index (Phi) is 6.36. The van der Waals surface area contributed by atoms with Crippen LogP contribution in [0.25, 0.3) is 0 Å². The maximum absolute atomic E-state index is 6.02. The lowest BCUT2D eigenvalue weighted by Crippen LogP contribution is -2.48. The zero-order chi connectivity index (χ0) is 12.9. The van der Waals surface area contributed by atoms with Crippen LogP contribution in [-0.2, 0) is 9.05 Å². The predicted octanol–water partition coefficient (Wildman–Crippen LogP) is 4.33. The molecule has 0 saturated carbocycles. The molecular formula is C13H28NO2P. The van der Waals surface area contributed by atoms with E-state index in [-0.39, 0.29) is 5.54 Å². The molecule has 102 valence electrons. The van der Waals surface area contributed by atoms with Crippen molar-refractivity contribution < 1.29 is 9.05 Å². The van der Waals surface area contributed by atoms with Crippen molar-refractivity contribution in [3.8, 4) is 0 Å². The van der Waals surface area contributed by atoms with Crippen molar-refractivity contribution in [2.45, 2.75) is 71.9 Å². The van der Waals surface area contributed by atoms with E-state index < -0.39 is 8.53 Å². The summed E-state index contributed by atoms with van der Waals surface area (Å²) in [5.74, 6) is 0. The van der Waals surface area contributed by atoms with Crippen LogP contribution < -0.4 is 0 Å². The Morgan fingerprint density at radius 3 is 2.29 bits per heavy atom. The van der Waals surface area contributed by atoms with Crippen molar-refractivity contribution in [3.63, 3.8) is 0 Å². The van der Waals surface area contributed by atoms with Crippen LogP contribution in [0.1, 0.15) is 60.3 Å². The monoisotopic (exact) mass is 261 g/mol. The molecule has 0 aromatic heterocycles. The molecule has 0 spiro atoms. The molecule has 2 unspecified atom stereocenters. The van der Waals surface area contributed by atoms with Gasteiger partial charge in [0.25, 0.3) is 8.53 Å². The standard InChI is InChI=1S/C13H28NO2P/c1-6-13(7-2,8-3)14-11-10-12(5)16-17(14)15-9-4/h12H,6-11H2,1-5H3. The van der Waals surface area contributed by atoms with E-state index in [4.69, 9.17) is 9.05 Å². The molecule has 0 radical (unpaired) electrons. The number of hydrogen-bond acceptors (Lipinski definition) is 3. The molecule has 0 aliphatic carbocycles. The highest BCUT2D eigenvalue weighted by Gasteiger charge is 2.41. The first-order valence-electron chi connectivity index (χ1n) is 7.00. The molecule has 1 saturated heterocycles. The smallest absolute Gasteiger partial charge is 0.259 e. The molecule has 0 amide bonds. The quantitative estimate of drug-likeness (QED) is 0.664. The van der Waals surface area contributed by atoms with Crippen LogP contribution in [0.15, 0.2) is 0 Å². The average Bonchev–Trinajstić information content (AvgIpc) is 2.34. The maximum atomic E-state index is 6.02. The first kappa shape index (κ1) is 15.4. The molecule has 0 aromatic carbocycles. The summed E-state index contributed by atoms with van der Waals surface area (Å²) >= 11 is 0. The Hall–Kier alpha value is 0.310. The summed E-state index contributed by atoms with van der Waals surface area (Å²) in [7, 11) is -0.847. The lowest BCUT2D eigenvalue weighted by Gasteiger charge is -2.48. The second kappa shape index (κ2) is 7.04. The highest BCUT2D eigenvalue weighted by Crippen LogP contribution is 2.53. The Bertz CT molecular complexity index is 213. The highest BCUT2D eigenvalue weighted by molar-refractivity contribution is 7.44. The van der Waals surface area contributed by atoms with Crippen molar-refractivity contribution in [2.24, 2.45) is 0 Å². The minimum Gasteiger partial charge on any atom is -0.322 e. The van der Waals surface area contributed by atoms with E-state index in [0.717, 1.165) is 19.6 Å². The van der Waals surface area contributed by atoms with Crippen molar-refractivity contribution in [2.75, 3.05) is 13.2 Å². The number of nitrogens with zero attached hydrogens (tertiary/aromatic N) is 1. The van der Waals surface area contributed by atoms with Crippen molar-refractivity contribution in [1.82, 2.24) is 4.67 Å². The summed E-state index contributed by atoms with van der Waals surface area (Å²) in [6.45, 7) is 12.9. The SMILES string of the molecule is CCOP1OC(C)CCN1C(CC)(CC)CC. The lowest BCUT2D eigenvalue weighted by atomic mass is 9.89. The van der Waals surface area contributed by atoms with Crippen molar-refractivity contribution in [3.05, 3.63) is 0 Å². The molecule has 1 aliphatic heterocycles. The second-order valence-corrected chi connectivity index (χ2v) is 6.20. The number of hydrogen-bond donors (Lipinski definition) is 0. The molecule has 0 bridgehead atoms. The van der Waals surface area contributed by atoms with Gasteiger partial charge in [0.05, 0.1) is 12.7 Å². The Labute approximate surface area is 108 Å². The van der Waals surface area contributed by atoms with E-state index >= 15 is 0 Å². The first-order valence-corrected chi connectivity index (χ1v) is 8.13. The van der Waals surface area contributed by atoms with E-state index in [0.29, 0.717) is 6.10 Å². The summed E-state index contributed by atoms with van der Waals surface area (Å²) in [6.07, 6.45) is 4.97. The van der Waals surface area contributed by atoms with Gasteiger partial charge < -0.3 is 9.05 Å². The van der Waals surface area contributed by atoms with Crippen molar-refractivity contribution in [1.29, 1.82) is 0 Å². The van der Waals surface area contributed by atoms with Crippen LogP contribution in [0.4, 0.5) is 0 Å². The highest BCUT2D eigenvalue weighted by atomic mass is 31.2. The van der Waals surface area contributed by atoms with Gasteiger partial charge in [-0.3, -0.25) is 0 Å². The van der Waals surface area contributed by atoms with Gasteiger partial charge in [0.2, 0.25) is 0 Å². The van der Waals surface area contributed by atoms with Gasteiger partial charge in [-0.05, 0) is 39.5 Å². The van der Waals surface area contributed by atoms with Crippen LogP contribution in [0, 0.1) is 0 Å². The van der Waals surface area contributed by atoms with Gasteiger partial charge in [0.1, 0.15) is 0 Å². The van der Waals surface area contributed by atoms with Gasteiger partial charge in [-0.25, -0.2) is 4.67 Å². The minimum atomic E-state index is -0.847. The van der Waals surface area contributed by atoms with Crippen LogP contribution in [-0.4, -0.2) is 29.5 Å². The van der Waals surface area contributed by atoms with Crippen LogP contribution in [0.5, 0.6) is 0 Å². The summed E-state index contributed by atoms with van der Waals surface area (Å²) in [6, 6.07) is 0. The minimum absolute atomic E-state index is 0.265. The zero-order valence-corrected chi connectivity index (χ0v) is 12.9. The summed E-state index contributed by atoms with van der Waals surface area (Å²) in [5, 5.41) is 0. The first-order chi connectivity index (χ1) is 8.13. The number of rotatable bonds is 6. The van der Waals surface area contributed by atoms with Gasteiger partial charge in [-0.2, -0.15) is 0 Å². The topological polar surface area (TPSA) is 21.7 Å². The molecule has 1 heterocycles. The molecular weight excluding hydrogens is 233 g/mol. The molecule has 1 fully saturated rings. The van der Waals surface area contributed by atoms with Crippen LogP contribution >= 0.6 is 8.53 Å². The van der Waals surface area contributed by atoms with Gasteiger partial charge in [-0.1, -0.05) is 20.8 Å². The molecule has 0 N–H and O–H groups in total. The van der Waals surface area contributed by atoms with E-state index in [1.165, 1.54) is 19.3 Å².